The number of benzene rings is 2. The van der Waals surface area contributed by atoms with E-state index in [-0.39, 0.29) is 17.5 Å². The van der Waals surface area contributed by atoms with Crippen molar-refractivity contribution in [2.75, 3.05) is 37.9 Å². The van der Waals surface area contributed by atoms with E-state index in [1.165, 1.54) is 20.3 Å². The van der Waals surface area contributed by atoms with E-state index in [2.05, 4.69) is 9.97 Å². The third kappa shape index (κ3) is 5.18. The molecule has 6 N–H and O–H groups in total. The zero-order valence-electron chi connectivity index (χ0n) is 18.1. The molecule has 170 valence electrons. The number of anilines is 3. The van der Waals surface area contributed by atoms with Crippen LogP contribution in [0.4, 0.5) is 17.5 Å². The van der Waals surface area contributed by atoms with Crippen molar-refractivity contribution in [3.63, 3.8) is 0 Å². The summed E-state index contributed by atoms with van der Waals surface area (Å²) in [7, 11) is -1.28. The predicted octanol–water partition coefficient (Wildman–Crippen LogP) is 2.06. The topological polar surface area (TPSA) is 160 Å². The molecule has 3 aromatic rings. The molecule has 0 radical (unpaired) electrons. The van der Waals surface area contributed by atoms with E-state index in [1.54, 1.807) is 36.4 Å². The van der Waals surface area contributed by atoms with Gasteiger partial charge in [-0.25, -0.2) is 4.98 Å². The zero-order valence-corrected chi connectivity index (χ0v) is 18.9. The van der Waals surface area contributed by atoms with E-state index in [0.29, 0.717) is 46.7 Å². The van der Waals surface area contributed by atoms with Crippen LogP contribution < -0.4 is 26.1 Å². The summed E-state index contributed by atoms with van der Waals surface area (Å²) in [4.78, 5) is 7.96. The number of rotatable bonds is 8. The number of nitrogen functional groups attached to an aromatic ring is 3. The highest BCUT2D eigenvalue weighted by Gasteiger charge is 2.23. The van der Waals surface area contributed by atoms with Crippen molar-refractivity contribution >= 4 is 27.8 Å². The molecular weight excluding hydrogens is 432 g/mol. The number of hydrogen-bond acceptors (Lipinski definition) is 9. The molecule has 1 aromatic heterocycles. The number of aromatic nitrogens is 2. The van der Waals surface area contributed by atoms with E-state index >= 15 is 0 Å². The Kier molecular flexibility index (Phi) is 6.70. The van der Waals surface area contributed by atoms with Gasteiger partial charge in [-0.15, -0.1) is 0 Å². The van der Waals surface area contributed by atoms with E-state index < -0.39 is 10.3 Å². The van der Waals surface area contributed by atoms with Gasteiger partial charge in [0.15, 0.2) is 5.75 Å². The molecule has 10 nitrogen and oxygen atoms in total. The van der Waals surface area contributed by atoms with Crippen molar-refractivity contribution in [3.05, 3.63) is 53.7 Å². The van der Waals surface area contributed by atoms with Crippen LogP contribution >= 0.6 is 0 Å². The molecule has 0 spiro atoms. The largest absolute Gasteiger partial charge is 0.493 e. The lowest BCUT2D eigenvalue weighted by Gasteiger charge is -2.20. The Bertz CT molecular complexity index is 1230. The highest BCUT2D eigenvalue weighted by molar-refractivity contribution is 7.84. The lowest BCUT2D eigenvalue weighted by atomic mass is 9.98. The third-order valence-corrected chi connectivity index (χ3v) is 5.84. The second kappa shape index (κ2) is 9.28. The Hall–Kier alpha value is -3.57. The first kappa shape index (κ1) is 23.1. The van der Waals surface area contributed by atoms with Crippen molar-refractivity contribution < 1.29 is 17.3 Å². The van der Waals surface area contributed by atoms with E-state index in [4.69, 9.17) is 26.1 Å². The maximum Gasteiger partial charge on any atom is 0.384 e. The predicted molar refractivity (Wildman–Crippen MR) is 124 cm³/mol. The van der Waals surface area contributed by atoms with Crippen LogP contribution in [0, 0.1) is 0 Å². The van der Waals surface area contributed by atoms with E-state index in [9.17, 15) is 8.42 Å². The maximum atomic E-state index is 12.6. The molecule has 0 aliphatic rings. The standard InChI is InChI=1S/C21H26N6O4S/c1-4-30-17-9-13(8-15-12-25-21(24)26-20(15)23)10-18(31-32(28,29)27(2)3)19(17)14-6-5-7-16(22)11-14/h5-7,9-12H,4,8,22H2,1-3H3,(H4,23,24,25,26). The zero-order chi connectivity index (χ0) is 23.5. The molecule has 3 rings (SSSR count). The molecule has 32 heavy (non-hydrogen) atoms. The summed E-state index contributed by atoms with van der Waals surface area (Å²) in [5, 5.41) is 0. The molecule has 1 heterocycles. The highest BCUT2D eigenvalue weighted by Crippen LogP contribution is 2.41. The van der Waals surface area contributed by atoms with Gasteiger partial charge in [0.1, 0.15) is 11.6 Å². The van der Waals surface area contributed by atoms with Gasteiger partial charge in [-0.1, -0.05) is 12.1 Å². The quantitative estimate of drug-likeness (QED) is 0.429. The first-order chi connectivity index (χ1) is 15.1. The number of nitrogens with two attached hydrogens (primary N) is 3. The lowest BCUT2D eigenvalue weighted by Crippen LogP contribution is -2.27. The third-order valence-electron chi connectivity index (χ3n) is 4.55. The van der Waals surface area contributed by atoms with Gasteiger partial charge in [-0.3, -0.25) is 0 Å². The number of hydrogen-bond donors (Lipinski definition) is 3. The summed E-state index contributed by atoms with van der Waals surface area (Å²) in [5.41, 5.74) is 20.5. The van der Waals surface area contributed by atoms with Gasteiger partial charge in [-0.05, 0) is 42.3 Å². The van der Waals surface area contributed by atoms with Crippen LogP contribution in [0.5, 0.6) is 11.5 Å². The molecule has 0 bridgehead atoms. The maximum absolute atomic E-state index is 12.6. The minimum Gasteiger partial charge on any atom is -0.493 e. The molecule has 0 aliphatic carbocycles. The van der Waals surface area contributed by atoms with Gasteiger partial charge in [0.05, 0.1) is 12.2 Å². The molecule has 11 heteroatoms. The van der Waals surface area contributed by atoms with Gasteiger partial charge in [0, 0.05) is 38.0 Å². The van der Waals surface area contributed by atoms with Crippen LogP contribution in [0.15, 0.2) is 42.6 Å². The summed E-state index contributed by atoms with van der Waals surface area (Å²) in [6.45, 7) is 2.18. The van der Waals surface area contributed by atoms with Gasteiger partial charge in [-0.2, -0.15) is 17.7 Å². The average Bonchev–Trinajstić information content (AvgIpc) is 2.70. The minimum atomic E-state index is -4.05. The molecule has 0 aliphatic heterocycles. The Balaban J connectivity index is 2.20. The smallest absolute Gasteiger partial charge is 0.384 e. The molecule has 0 saturated carbocycles. The lowest BCUT2D eigenvalue weighted by molar-refractivity contribution is 0.340. The SMILES string of the molecule is CCOc1cc(Cc2cnc(N)nc2N)cc(OS(=O)(=O)N(C)C)c1-c1cccc(N)c1. The second-order valence-corrected chi connectivity index (χ2v) is 8.92. The Morgan fingerprint density at radius 2 is 1.78 bits per heavy atom. The van der Waals surface area contributed by atoms with Crippen molar-refractivity contribution in [3.8, 4) is 22.6 Å². The van der Waals surface area contributed by atoms with Gasteiger partial charge in [0.25, 0.3) is 0 Å². The molecule has 0 unspecified atom stereocenters. The summed E-state index contributed by atoms with van der Waals surface area (Å²) >= 11 is 0. The van der Waals surface area contributed by atoms with Crippen molar-refractivity contribution in [1.82, 2.24) is 14.3 Å². The monoisotopic (exact) mass is 458 g/mol. The van der Waals surface area contributed by atoms with Gasteiger partial charge in [0.2, 0.25) is 5.95 Å². The van der Waals surface area contributed by atoms with E-state index in [0.717, 1.165) is 4.31 Å². The second-order valence-electron chi connectivity index (χ2n) is 7.16. The molecular formula is C21H26N6O4S. The van der Waals surface area contributed by atoms with Crippen LogP contribution in [0.25, 0.3) is 11.1 Å². The molecule has 0 atom stereocenters. The fourth-order valence-corrected chi connectivity index (χ4v) is 3.55. The van der Waals surface area contributed by atoms with Gasteiger partial charge >= 0.3 is 10.3 Å². The van der Waals surface area contributed by atoms with Crippen LogP contribution in [-0.4, -0.2) is 43.4 Å². The fraction of sp³-hybridized carbons (Fsp3) is 0.238. The van der Waals surface area contributed by atoms with Gasteiger partial charge < -0.3 is 26.1 Å². The Morgan fingerprint density at radius 3 is 2.41 bits per heavy atom. The summed E-state index contributed by atoms with van der Waals surface area (Å²) in [6.07, 6.45) is 1.84. The number of ether oxygens (including phenoxy) is 1. The first-order valence-electron chi connectivity index (χ1n) is 9.75. The number of nitrogens with zero attached hydrogens (tertiary/aromatic N) is 3. The van der Waals surface area contributed by atoms with Crippen molar-refractivity contribution in [1.29, 1.82) is 0 Å². The van der Waals surface area contributed by atoms with Crippen molar-refractivity contribution in [2.45, 2.75) is 13.3 Å². The Labute approximate surface area is 187 Å². The molecule has 0 fully saturated rings. The van der Waals surface area contributed by atoms with Crippen LogP contribution in [0.2, 0.25) is 0 Å². The molecule has 2 aromatic carbocycles. The first-order valence-corrected chi connectivity index (χ1v) is 11.1. The normalized spacial score (nSPS) is 11.5. The minimum absolute atomic E-state index is 0.0689. The van der Waals surface area contributed by atoms with Crippen LogP contribution in [-0.2, 0) is 16.7 Å². The summed E-state index contributed by atoms with van der Waals surface area (Å²) < 4.78 is 37.5. The van der Waals surface area contributed by atoms with E-state index in [1.807, 2.05) is 6.92 Å². The van der Waals surface area contributed by atoms with Crippen molar-refractivity contribution in [2.24, 2.45) is 0 Å². The highest BCUT2D eigenvalue weighted by atomic mass is 32.2. The summed E-state index contributed by atoms with van der Waals surface area (Å²) in [5.74, 6) is 0.841. The molecule has 0 amide bonds. The van der Waals surface area contributed by atoms with Crippen LogP contribution in [0.1, 0.15) is 18.1 Å². The Morgan fingerprint density at radius 1 is 1.06 bits per heavy atom. The fourth-order valence-electron chi connectivity index (χ4n) is 3.04. The van der Waals surface area contributed by atoms with Crippen LogP contribution in [0.3, 0.4) is 0 Å². The average molecular weight is 459 g/mol. The molecule has 0 saturated heterocycles. The summed E-state index contributed by atoms with van der Waals surface area (Å²) in [6, 6.07) is 10.4.